The molecule has 0 atom stereocenters. The van der Waals surface area contributed by atoms with Crippen molar-refractivity contribution in [2.45, 2.75) is 13.1 Å². The van der Waals surface area contributed by atoms with Gasteiger partial charge >= 0.3 is 28.8 Å². The minimum absolute atomic E-state index is 0.0753. The molecular formula is C64H51Cl2FN12O10S2. The first kappa shape index (κ1) is 65.9. The largest absolute Gasteiger partial charge is 0.497 e. The summed E-state index contributed by atoms with van der Waals surface area (Å²) in [7, 11) is 3.25. The van der Waals surface area contributed by atoms with Crippen molar-refractivity contribution in [3.8, 4) is 45.4 Å². The van der Waals surface area contributed by atoms with Crippen molar-refractivity contribution < 1.29 is 40.5 Å². The smallest absolute Gasteiger partial charge is 0.335 e. The van der Waals surface area contributed by atoms with E-state index in [4.69, 9.17) is 60.2 Å². The maximum absolute atomic E-state index is 13.7. The van der Waals surface area contributed by atoms with Crippen LogP contribution in [0.2, 0.25) is 10.0 Å². The number of nitrogens with one attached hydrogen (secondary N) is 3. The zero-order valence-corrected chi connectivity index (χ0v) is 51.0. The Balaban J connectivity index is 0.000000192. The van der Waals surface area contributed by atoms with Gasteiger partial charge in [-0.25, -0.2) is 19.9 Å². The predicted molar refractivity (Wildman–Crippen MR) is 350 cm³/mol. The molecule has 8 aromatic carbocycles. The summed E-state index contributed by atoms with van der Waals surface area (Å²) in [5, 5.41) is 34.8. The molecule has 5 N–H and O–H groups in total. The van der Waals surface area contributed by atoms with Crippen LogP contribution in [0.1, 0.15) is 11.1 Å². The fraction of sp³-hybridized carbons (Fsp3) is 0.0625. The Bertz CT molecular complexity index is 4530. The first-order chi connectivity index (χ1) is 44.2. The minimum Gasteiger partial charge on any atom is -0.497 e. The molecule has 27 heteroatoms. The van der Waals surface area contributed by atoms with Crippen LogP contribution in [0.5, 0.6) is 11.5 Å². The molecule has 0 spiro atoms. The van der Waals surface area contributed by atoms with Crippen molar-refractivity contribution in [3.63, 3.8) is 0 Å². The molecule has 91 heavy (non-hydrogen) atoms. The summed E-state index contributed by atoms with van der Waals surface area (Å²) in [4.78, 5) is 39.5. The quantitative estimate of drug-likeness (QED) is 0.0516. The molecule has 0 aliphatic rings. The van der Waals surface area contributed by atoms with Gasteiger partial charge in [0.05, 0.1) is 68.9 Å². The van der Waals surface area contributed by atoms with Crippen molar-refractivity contribution in [3.05, 3.63) is 266 Å². The topological polar surface area (TPSA) is 297 Å². The zero-order chi connectivity index (χ0) is 64.8. The Labute approximate surface area is 535 Å². The van der Waals surface area contributed by atoms with Crippen LogP contribution >= 0.6 is 23.2 Å². The van der Waals surface area contributed by atoms with Crippen molar-refractivity contribution in [2.24, 2.45) is 5.73 Å². The molecule has 4 heterocycles. The highest BCUT2D eigenvalue weighted by Crippen LogP contribution is 2.38. The van der Waals surface area contributed by atoms with Gasteiger partial charge in [-0.3, -0.25) is 20.2 Å². The first-order valence-corrected chi connectivity index (χ1v) is 29.0. The van der Waals surface area contributed by atoms with Gasteiger partial charge in [0.15, 0.2) is 0 Å². The van der Waals surface area contributed by atoms with E-state index in [1.54, 1.807) is 26.4 Å². The van der Waals surface area contributed by atoms with E-state index in [9.17, 15) is 24.6 Å². The maximum Gasteiger partial charge on any atom is 0.335 e. The predicted octanol–water partition coefficient (Wildman–Crippen LogP) is 14.4. The average Bonchev–Trinajstić information content (AvgIpc) is 1.66. The number of halogens is 3. The minimum atomic E-state index is -0.919. The number of aromatic nitrogens is 6. The van der Waals surface area contributed by atoms with Crippen LogP contribution in [0, 0.1) is 26.0 Å². The average molecular weight is 1300 g/mol. The lowest BCUT2D eigenvalue weighted by Gasteiger charge is -2.11. The van der Waals surface area contributed by atoms with Crippen molar-refractivity contribution in [2.75, 3.05) is 30.2 Å². The van der Waals surface area contributed by atoms with Crippen LogP contribution in [0.25, 0.3) is 55.7 Å². The second kappa shape index (κ2) is 32.2. The highest BCUT2D eigenvalue weighted by atomic mass is 35.5. The highest BCUT2D eigenvalue weighted by Gasteiger charge is 2.21. The van der Waals surface area contributed by atoms with Gasteiger partial charge in [0.2, 0.25) is 17.7 Å². The Morgan fingerprint density at radius 2 is 0.956 bits per heavy atom. The lowest BCUT2D eigenvalue weighted by molar-refractivity contribution is -0.387. The van der Waals surface area contributed by atoms with E-state index in [2.05, 4.69) is 40.0 Å². The van der Waals surface area contributed by atoms with E-state index in [0.29, 0.717) is 45.9 Å². The zero-order valence-electron chi connectivity index (χ0n) is 47.9. The summed E-state index contributed by atoms with van der Waals surface area (Å²) in [6.45, 7) is 1.00. The van der Waals surface area contributed by atoms with Gasteiger partial charge in [-0.1, -0.05) is 120 Å². The fourth-order valence-electron chi connectivity index (χ4n) is 9.17. The monoisotopic (exact) mass is 1300 g/mol. The van der Waals surface area contributed by atoms with Crippen LogP contribution in [0.4, 0.5) is 44.7 Å². The molecule has 4 aromatic heterocycles. The van der Waals surface area contributed by atoms with Crippen molar-refractivity contribution in [1.29, 1.82) is 0 Å². The normalized spacial score (nSPS) is 10.3. The molecule has 0 aliphatic heterocycles. The number of methoxy groups -OCH3 is 2. The molecular weight excluding hydrogens is 1250 g/mol. The molecule has 0 aliphatic carbocycles. The highest BCUT2D eigenvalue weighted by molar-refractivity contribution is 7.52. The number of hydrogen-bond donors (Lipinski definition) is 4. The number of nitrogens with zero attached hydrogens (tertiary/aromatic N) is 8. The number of nitro groups is 2. The molecule has 12 aromatic rings. The third-order valence-corrected chi connectivity index (χ3v) is 13.9. The maximum atomic E-state index is 13.7. The van der Waals surface area contributed by atoms with Gasteiger partial charge in [-0.15, -0.1) is 0 Å². The number of benzene rings is 8. The standard InChI is InChI=1S/C32H25ClN6O3.C24H15ClFN5O2.C8H11NO.2O2S/c1-42-24-14-11-21(12-15-24)18-34-28-16-13-22(17-30(28)39(40)41)36-32-35-19-27(33)31(37-32)26-20-38(23-7-3-2-4-8-23)29-10-6-5-9-25(26)29;25-19-13-27-24(28-15-10-11-20(26)22(12-15)31(32)33)29-23(19)18-14-30(16-6-2-1-3-7-16)21-9-5-4-8-17(18)21;1-10-8-4-2-7(6-9)3-5-8;2*1-3-2/h2-17,19-20,34H,18H2,1H3,(H,35,36,37);1-14H,(H,27,28,29);2-5H,6,9H2,1H3;;. The van der Waals surface area contributed by atoms with E-state index < -0.39 is 44.5 Å². The first-order valence-electron chi connectivity index (χ1n) is 26.9. The third-order valence-electron chi connectivity index (χ3n) is 13.4. The second-order valence-electron chi connectivity index (χ2n) is 18.9. The van der Waals surface area contributed by atoms with Gasteiger partial charge in [0, 0.05) is 82.3 Å². The molecule has 0 fully saturated rings. The fourth-order valence-corrected chi connectivity index (χ4v) is 9.56. The van der Waals surface area contributed by atoms with Crippen molar-refractivity contribution >= 4 is 108 Å². The van der Waals surface area contributed by atoms with E-state index in [1.165, 1.54) is 24.5 Å². The summed E-state index contributed by atoms with van der Waals surface area (Å²) in [5.41, 5.74) is 14.6. The van der Waals surface area contributed by atoms with Crippen LogP contribution in [0.15, 0.2) is 219 Å². The second-order valence-corrected chi connectivity index (χ2v) is 20.0. The Morgan fingerprint density at radius 3 is 1.38 bits per heavy atom. The lowest BCUT2D eigenvalue weighted by atomic mass is 10.1. The Kier molecular flexibility index (Phi) is 23.3. The summed E-state index contributed by atoms with van der Waals surface area (Å²) in [5.74, 6) is 1.13. The molecule has 12 rings (SSSR count). The molecule has 0 saturated carbocycles. The lowest BCUT2D eigenvalue weighted by Crippen LogP contribution is -2.04. The molecule has 22 nitrogen and oxygen atoms in total. The van der Waals surface area contributed by atoms with Crippen LogP contribution < -0.4 is 31.2 Å². The molecule has 0 saturated heterocycles. The number of ether oxygens (including phenoxy) is 2. The van der Waals surface area contributed by atoms with Gasteiger partial charge in [-0.2, -0.15) is 21.2 Å². The number of anilines is 5. The SMILES string of the molecule is COc1ccc(CN)cc1.COc1ccc(CNc2ccc(Nc3ncc(Cl)c(-c4cn(-c5ccccc5)c5ccccc45)n3)cc2[N+](=O)[O-])cc1.O=S=O.O=S=O.O=[N+]([O-])c1cc(Nc2ncc(Cl)c(-c3cn(-c4ccccc4)c4ccccc34)n2)ccc1F. The Morgan fingerprint density at radius 1 is 0.549 bits per heavy atom. The molecule has 460 valence electrons. The number of nitrogens with two attached hydrogens (primary N) is 1. The Hall–Kier alpha value is -11.1. The third kappa shape index (κ3) is 17.0. The van der Waals surface area contributed by atoms with E-state index in [1.807, 2.05) is 170 Å². The summed E-state index contributed by atoms with van der Waals surface area (Å²) in [6.07, 6.45) is 6.95. The number of para-hydroxylation sites is 4. The summed E-state index contributed by atoms with van der Waals surface area (Å²) in [6, 6.07) is 59.4. The van der Waals surface area contributed by atoms with Gasteiger partial charge < -0.3 is 40.3 Å². The van der Waals surface area contributed by atoms with Crippen molar-refractivity contribution in [1.82, 2.24) is 29.1 Å². The summed E-state index contributed by atoms with van der Waals surface area (Å²) >= 11 is 11.6. The molecule has 0 bridgehead atoms. The molecule has 0 unspecified atom stereocenters. The number of rotatable bonds is 16. The van der Waals surface area contributed by atoms with Gasteiger partial charge in [-0.05, 0) is 96.1 Å². The van der Waals surface area contributed by atoms with Gasteiger partial charge in [0.1, 0.15) is 17.2 Å². The molecule has 0 radical (unpaired) electrons. The van der Waals surface area contributed by atoms with Crippen LogP contribution in [-0.4, -0.2) is 70.0 Å². The number of hydrogen-bond acceptors (Lipinski definition) is 18. The van der Waals surface area contributed by atoms with E-state index >= 15 is 0 Å². The van der Waals surface area contributed by atoms with Crippen LogP contribution in [-0.2, 0) is 36.2 Å². The van der Waals surface area contributed by atoms with Gasteiger partial charge in [0.25, 0.3) is 5.69 Å². The molecule has 0 amide bonds. The van der Waals surface area contributed by atoms with E-state index in [-0.39, 0.29) is 23.3 Å². The van der Waals surface area contributed by atoms with E-state index in [0.717, 1.165) is 79.1 Å². The van der Waals surface area contributed by atoms with Crippen LogP contribution in [0.3, 0.4) is 0 Å². The summed E-state index contributed by atoms with van der Waals surface area (Å²) < 4.78 is 61.1. The number of nitro benzene ring substituents is 2. The number of fused-ring (bicyclic) bond motifs is 2.